The van der Waals surface area contributed by atoms with Gasteiger partial charge in [0.1, 0.15) is 0 Å². The Kier molecular flexibility index (Phi) is 5.92. The van der Waals surface area contributed by atoms with Crippen molar-refractivity contribution in [3.05, 3.63) is 6.92 Å². The van der Waals surface area contributed by atoms with Gasteiger partial charge in [-0.25, -0.2) is 4.79 Å². The van der Waals surface area contributed by atoms with Gasteiger partial charge in [0.15, 0.2) is 0 Å². The van der Waals surface area contributed by atoms with Gasteiger partial charge >= 0.3 is 6.16 Å². The van der Waals surface area contributed by atoms with E-state index in [-0.39, 0.29) is 0 Å². The molecule has 1 radical (unpaired) electrons. The minimum Gasteiger partial charge on any atom is -0.434 e. The van der Waals surface area contributed by atoms with Crippen molar-refractivity contribution < 1.29 is 14.3 Å². The van der Waals surface area contributed by atoms with Gasteiger partial charge in [0, 0.05) is 0 Å². The SMILES string of the molecule is [CH2]CCOC(=O)OCCC. The van der Waals surface area contributed by atoms with E-state index in [9.17, 15) is 4.79 Å². The van der Waals surface area contributed by atoms with Gasteiger partial charge in [-0.15, -0.1) is 0 Å². The fraction of sp³-hybridized carbons (Fsp3) is 0.714. The maximum Gasteiger partial charge on any atom is 0.508 e. The quantitative estimate of drug-likeness (QED) is 0.565. The van der Waals surface area contributed by atoms with Crippen LogP contribution in [0.5, 0.6) is 0 Å². The molecular weight excluding hydrogens is 132 g/mol. The zero-order chi connectivity index (χ0) is 7.82. The summed E-state index contributed by atoms with van der Waals surface area (Å²) < 4.78 is 9.17. The number of hydrogen-bond donors (Lipinski definition) is 0. The van der Waals surface area contributed by atoms with Crippen LogP contribution in [0, 0.1) is 6.92 Å². The molecule has 3 nitrogen and oxygen atoms in total. The molecule has 0 N–H and O–H groups in total. The average molecular weight is 145 g/mol. The Morgan fingerprint density at radius 2 is 2.00 bits per heavy atom. The Morgan fingerprint density at radius 1 is 1.40 bits per heavy atom. The minimum absolute atomic E-state index is 0.336. The standard InChI is InChI=1S/C7H13O3/c1-3-5-9-7(8)10-6-4-2/h1,3-6H2,2H3. The van der Waals surface area contributed by atoms with Crippen molar-refractivity contribution in [3.63, 3.8) is 0 Å². The molecule has 0 aromatic carbocycles. The van der Waals surface area contributed by atoms with Crippen molar-refractivity contribution in [1.29, 1.82) is 0 Å². The molecule has 0 aromatic rings. The van der Waals surface area contributed by atoms with E-state index < -0.39 is 6.16 Å². The summed E-state index contributed by atoms with van der Waals surface area (Å²) >= 11 is 0. The fourth-order valence-corrected chi connectivity index (χ4v) is 0.383. The number of hydrogen-bond acceptors (Lipinski definition) is 3. The highest BCUT2D eigenvalue weighted by Gasteiger charge is 1.99. The molecule has 0 unspecified atom stereocenters. The van der Waals surface area contributed by atoms with Crippen LogP contribution in [0.25, 0.3) is 0 Å². The summed E-state index contributed by atoms with van der Waals surface area (Å²) in [5.74, 6) is 0. The molecule has 0 heterocycles. The summed E-state index contributed by atoms with van der Waals surface area (Å²) in [5.41, 5.74) is 0. The minimum atomic E-state index is -0.592. The van der Waals surface area contributed by atoms with Crippen molar-refractivity contribution in [2.45, 2.75) is 19.8 Å². The lowest BCUT2D eigenvalue weighted by Gasteiger charge is -2.02. The molecule has 0 fully saturated rings. The summed E-state index contributed by atoms with van der Waals surface area (Å²) in [4.78, 5) is 10.5. The Bertz CT molecular complexity index is 80.9. The van der Waals surface area contributed by atoms with Crippen LogP contribution in [0.3, 0.4) is 0 Å². The first-order valence-electron chi connectivity index (χ1n) is 3.40. The molecule has 0 aliphatic rings. The molecule has 10 heavy (non-hydrogen) atoms. The van der Waals surface area contributed by atoms with Crippen molar-refractivity contribution in [1.82, 2.24) is 0 Å². The normalized spacial score (nSPS) is 9.00. The van der Waals surface area contributed by atoms with E-state index in [2.05, 4.69) is 16.4 Å². The lowest BCUT2D eigenvalue weighted by molar-refractivity contribution is 0.0565. The predicted octanol–water partition coefficient (Wildman–Crippen LogP) is 1.77. The molecule has 0 aliphatic heterocycles. The number of carbonyl (C=O) groups excluding carboxylic acids is 1. The summed E-state index contributed by atoms with van der Waals surface area (Å²) in [6.45, 7) is 6.19. The third-order valence-electron chi connectivity index (χ3n) is 0.788. The second-order valence-electron chi connectivity index (χ2n) is 1.80. The van der Waals surface area contributed by atoms with E-state index in [1.165, 1.54) is 0 Å². The molecule has 0 spiro atoms. The first kappa shape index (κ1) is 9.27. The van der Waals surface area contributed by atoms with Gasteiger partial charge in [0.05, 0.1) is 13.2 Å². The van der Waals surface area contributed by atoms with Crippen LogP contribution in [0.2, 0.25) is 0 Å². The first-order valence-corrected chi connectivity index (χ1v) is 3.40. The number of carbonyl (C=O) groups is 1. The van der Waals surface area contributed by atoms with E-state index in [0.717, 1.165) is 6.42 Å². The van der Waals surface area contributed by atoms with E-state index >= 15 is 0 Å². The smallest absolute Gasteiger partial charge is 0.434 e. The van der Waals surface area contributed by atoms with Crippen LogP contribution in [-0.4, -0.2) is 19.4 Å². The number of rotatable bonds is 4. The summed E-state index contributed by atoms with van der Waals surface area (Å²) in [7, 11) is 0. The third-order valence-corrected chi connectivity index (χ3v) is 0.788. The van der Waals surface area contributed by atoms with Gasteiger partial charge in [0.25, 0.3) is 0 Å². The Balaban J connectivity index is 3.09. The molecule has 0 amide bonds. The predicted molar refractivity (Wildman–Crippen MR) is 37.6 cm³/mol. The van der Waals surface area contributed by atoms with E-state index in [1.54, 1.807) is 0 Å². The molecule has 0 aliphatic carbocycles. The Morgan fingerprint density at radius 3 is 2.50 bits per heavy atom. The first-order chi connectivity index (χ1) is 4.81. The number of ether oxygens (including phenoxy) is 2. The molecule has 0 atom stereocenters. The third kappa shape index (κ3) is 5.41. The lowest BCUT2D eigenvalue weighted by atomic mass is 10.5. The largest absolute Gasteiger partial charge is 0.508 e. The second kappa shape index (κ2) is 6.39. The maximum absolute atomic E-state index is 10.5. The molecule has 59 valence electrons. The van der Waals surface area contributed by atoms with Crippen LogP contribution in [0.1, 0.15) is 19.8 Å². The van der Waals surface area contributed by atoms with Gasteiger partial charge in [-0.05, 0) is 19.8 Å². The van der Waals surface area contributed by atoms with Gasteiger partial charge in [-0.3, -0.25) is 0 Å². The lowest BCUT2D eigenvalue weighted by Crippen LogP contribution is -2.08. The van der Waals surface area contributed by atoms with E-state index in [1.807, 2.05) is 6.92 Å². The molecule has 0 saturated heterocycles. The van der Waals surface area contributed by atoms with Gasteiger partial charge < -0.3 is 9.47 Å². The van der Waals surface area contributed by atoms with Crippen LogP contribution in [0.4, 0.5) is 4.79 Å². The zero-order valence-electron chi connectivity index (χ0n) is 6.26. The highest BCUT2D eigenvalue weighted by molar-refractivity contribution is 5.59. The van der Waals surface area contributed by atoms with Crippen LogP contribution >= 0.6 is 0 Å². The summed E-state index contributed by atoms with van der Waals surface area (Å²) in [5, 5.41) is 0. The highest BCUT2D eigenvalue weighted by Crippen LogP contribution is 1.88. The molecule has 0 aromatic heterocycles. The Hall–Kier alpha value is -0.730. The van der Waals surface area contributed by atoms with Crippen molar-refractivity contribution in [2.24, 2.45) is 0 Å². The summed E-state index contributed by atoms with van der Waals surface area (Å²) in [6, 6.07) is 0. The average Bonchev–Trinajstić information content (AvgIpc) is 1.97. The van der Waals surface area contributed by atoms with Gasteiger partial charge in [-0.2, -0.15) is 0 Å². The van der Waals surface area contributed by atoms with Gasteiger partial charge in [-0.1, -0.05) is 6.92 Å². The summed E-state index contributed by atoms with van der Waals surface area (Å²) in [6.07, 6.45) is 0.811. The van der Waals surface area contributed by atoms with Gasteiger partial charge in [0.2, 0.25) is 0 Å². The molecule has 0 bridgehead atoms. The highest BCUT2D eigenvalue weighted by atomic mass is 16.7. The van der Waals surface area contributed by atoms with Crippen molar-refractivity contribution in [3.8, 4) is 0 Å². The topological polar surface area (TPSA) is 35.5 Å². The maximum atomic E-state index is 10.5. The fourth-order valence-electron chi connectivity index (χ4n) is 0.383. The van der Waals surface area contributed by atoms with Crippen LogP contribution in [0.15, 0.2) is 0 Å². The Labute approximate surface area is 61.3 Å². The second-order valence-corrected chi connectivity index (χ2v) is 1.80. The van der Waals surface area contributed by atoms with E-state index in [4.69, 9.17) is 0 Å². The van der Waals surface area contributed by atoms with Crippen molar-refractivity contribution in [2.75, 3.05) is 13.2 Å². The monoisotopic (exact) mass is 145 g/mol. The van der Waals surface area contributed by atoms with Crippen LogP contribution < -0.4 is 0 Å². The molecule has 0 rings (SSSR count). The molecular formula is C7H13O3. The van der Waals surface area contributed by atoms with Crippen LogP contribution in [-0.2, 0) is 9.47 Å². The van der Waals surface area contributed by atoms with Crippen molar-refractivity contribution >= 4 is 6.16 Å². The van der Waals surface area contributed by atoms with E-state index in [0.29, 0.717) is 19.6 Å². The molecule has 3 heteroatoms. The molecule has 0 saturated carbocycles. The zero-order valence-corrected chi connectivity index (χ0v) is 6.26.